The fourth-order valence-corrected chi connectivity index (χ4v) is 2.63. The minimum Gasteiger partial charge on any atom is -0.452 e. The third-order valence-electron chi connectivity index (χ3n) is 3.76. The van der Waals surface area contributed by atoms with Crippen molar-refractivity contribution in [2.45, 2.75) is 6.92 Å². The third-order valence-corrected chi connectivity index (χ3v) is 4.17. The van der Waals surface area contributed by atoms with E-state index in [1.165, 1.54) is 0 Å². The summed E-state index contributed by atoms with van der Waals surface area (Å²) in [5, 5.41) is 3.66. The van der Waals surface area contributed by atoms with Crippen LogP contribution in [-0.4, -0.2) is 23.5 Å². The van der Waals surface area contributed by atoms with E-state index in [1.54, 1.807) is 42.5 Å². The predicted molar refractivity (Wildman–Crippen MR) is 99.7 cm³/mol. The van der Waals surface area contributed by atoms with Crippen LogP contribution in [0.1, 0.15) is 15.9 Å². The van der Waals surface area contributed by atoms with Crippen molar-refractivity contribution in [2.75, 3.05) is 11.9 Å². The molecule has 0 spiro atoms. The Hall–Kier alpha value is -3.12. The lowest BCUT2D eigenvalue weighted by Gasteiger charge is -2.09. The van der Waals surface area contributed by atoms with Gasteiger partial charge in [-0.15, -0.1) is 0 Å². The molecule has 0 unspecified atom stereocenters. The zero-order chi connectivity index (χ0) is 18.7. The molecule has 0 radical (unpaired) electrons. The molecule has 0 atom stereocenters. The summed E-state index contributed by atoms with van der Waals surface area (Å²) < 4.78 is 5.04. The topological polar surface area (TPSA) is 88.3 Å². The van der Waals surface area contributed by atoms with Gasteiger partial charge in [-0.05, 0) is 30.7 Å². The van der Waals surface area contributed by atoms with Crippen molar-refractivity contribution >= 4 is 40.1 Å². The Kier molecular flexibility index (Phi) is 5.04. The van der Waals surface area contributed by atoms with Crippen molar-refractivity contribution in [3.05, 3.63) is 75.0 Å². The number of ether oxygens (including phenoxy) is 1. The number of fused-ring (bicyclic) bond motifs is 1. The molecule has 3 aromatic rings. The van der Waals surface area contributed by atoms with Gasteiger partial charge in [0.25, 0.3) is 5.91 Å². The Morgan fingerprint density at radius 2 is 1.92 bits per heavy atom. The number of esters is 1. The molecule has 1 heterocycles. The molecule has 0 saturated heterocycles. The number of aromatic amines is 1. The van der Waals surface area contributed by atoms with E-state index in [2.05, 4.69) is 10.3 Å². The highest BCUT2D eigenvalue weighted by atomic mass is 35.5. The molecular weight excluding hydrogens is 356 g/mol. The number of pyridine rings is 1. The van der Waals surface area contributed by atoms with Gasteiger partial charge in [0.2, 0.25) is 5.56 Å². The largest absolute Gasteiger partial charge is 0.452 e. The number of hydrogen-bond acceptors (Lipinski definition) is 4. The summed E-state index contributed by atoms with van der Waals surface area (Å²) in [7, 11) is 0. The predicted octanol–water partition coefficient (Wildman–Crippen LogP) is 3.29. The van der Waals surface area contributed by atoms with Gasteiger partial charge in [0.05, 0.1) is 5.56 Å². The van der Waals surface area contributed by atoms with Gasteiger partial charge >= 0.3 is 5.97 Å². The molecule has 0 aliphatic heterocycles. The lowest BCUT2D eigenvalue weighted by atomic mass is 10.1. The Morgan fingerprint density at radius 3 is 2.69 bits per heavy atom. The number of benzene rings is 2. The highest BCUT2D eigenvalue weighted by molar-refractivity contribution is 6.31. The van der Waals surface area contributed by atoms with E-state index in [1.807, 2.05) is 6.92 Å². The van der Waals surface area contributed by atoms with Gasteiger partial charge in [-0.25, -0.2) is 4.79 Å². The summed E-state index contributed by atoms with van der Waals surface area (Å²) in [4.78, 5) is 38.6. The number of anilines is 1. The van der Waals surface area contributed by atoms with Crippen molar-refractivity contribution in [3.8, 4) is 0 Å². The van der Waals surface area contributed by atoms with Crippen LogP contribution in [0.15, 0.2) is 53.3 Å². The summed E-state index contributed by atoms with van der Waals surface area (Å²) >= 11 is 6.01. The van der Waals surface area contributed by atoms with Crippen molar-refractivity contribution in [2.24, 2.45) is 0 Å². The van der Waals surface area contributed by atoms with Crippen LogP contribution in [0.4, 0.5) is 5.69 Å². The van der Waals surface area contributed by atoms with E-state index in [-0.39, 0.29) is 5.56 Å². The zero-order valence-electron chi connectivity index (χ0n) is 13.8. The van der Waals surface area contributed by atoms with Gasteiger partial charge in [0.15, 0.2) is 6.61 Å². The van der Waals surface area contributed by atoms with Gasteiger partial charge in [-0.3, -0.25) is 9.59 Å². The second-order valence-corrected chi connectivity index (χ2v) is 6.09. The average molecular weight is 371 g/mol. The first kappa shape index (κ1) is 17.7. The summed E-state index contributed by atoms with van der Waals surface area (Å²) in [6.45, 7) is 1.37. The van der Waals surface area contributed by atoms with Gasteiger partial charge in [0, 0.05) is 27.7 Å². The van der Waals surface area contributed by atoms with Crippen LogP contribution in [0.25, 0.3) is 10.9 Å². The third kappa shape index (κ3) is 3.92. The number of H-pyrrole nitrogens is 1. The van der Waals surface area contributed by atoms with Crippen molar-refractivity contribution < 1.29 is 14.3 Å². The maximum atomic E-state index is 12.3. The summed E-state index contributed by atoms with van der Waals surface area (Å²) in [6.07, 6.45) is 0. The van der Waals surface area contributed by atoms with Crippen LogP contribution in [0.2, 0.25) is 5.02 Å². The molecule has 0 bridgehead atoms. The monoisotopic (exact) mass is 370 g/mol. The SMILES string of the molecule is Cc1ccc(NC(=O)COC(=O)c2cc(=O)[nH]c3ccccc23)cc1Cl. The quantitative estimate of drug-likeness (QED) is 0.690. The molecular formula is C19H15ClN2O4. The minimum absolute atomic E-state index is 0.107. The Bertz CT molecular complexity index is 1060. The van der Waals surface area contributed by atoms with Crippen molar-refractivity contribution in [1.29, 1.82) is 0 Å². The number of para-hydroxylation sites is 1. The van der Waals surface area contributed by atoms with E-state index in [0.717, 1.165) is 11.6 Å². The normalized spacial score (nSPS) is 10.5. The van der Waals surface area contributed by atoms with Gasteiger partial charge in [-0.1, -0.05) is 35.9 Å². The number of aromatic nitrogens is 1. The first-order valence-electron chi connectivity index (χ1n) is 7.79. The Labute approximate surface area is 153 Å². The van der Waals surface area contributed by atoms with Crippen LogP contribution >= 0.6 is 11.6 Å². The molecule has 3 rings (SSSR count). The average Bonchev–Trinajstić information content (AvgIpc) is 2.62. The molecule has 1 aromatic heterocycles. The van der Waals surface area contributed by atoms with E-state index >= 15 is 0 Å². The van der Waals surface area contributed by atoms with Gasteiger partial charge < -0.3 is 15.0 Å². The molecule has 2 N–H and O–H groups in total. The van der Waals surface area contributed by atoms with Crippen LogP contribution in [-0.2, 0) is 9.53 Å². The molecule has 6 nitrogen and oxygen atoms in total. The zero-order valence-corrected chi connectivity index (χ0v) is 14.6. The van der Waals surface area contributed by atoms with Crippen LogP contribution in [0.5, 0.6) is 0 Å². The van der Waals surface area contributed by atoms with Crippen molar-refractivity contribution in [3.63, 3.8) is 0 Å². The molecule has 2 aromatic carbocycles. The van der Waals surface area contributed by atoms with Crippen LogP contribution in [0, 0.1) is 6.92 Å². The maximum Gasteiger partial charge on any atom is 0.339 e. The number of halogens is 1. The highest BCUT2D eigenvalue weighted by Gasteiger charge is 2.15. The first-order valence-corrected chi connectivity index (χ1v) is 8.17. The lowest BCUT2D eigenvalue weighted by molar-refractivity contribution is -0.119. The molecule has 7 heteroatoms. The standard InChI is InChI=1S/C19H15ClN2O4/c1-11-6-7-12(8-15(11)20)21-18(24)10-26-19(25)14-9-17(23)22-16-5-3-2-4-13(14)16/h2-9H,10H2,1H3,(H,21,24)(H,22,23). The molecule has 0 fully saturated rings. The second-order valence-electron chi connectivity index (χ2n) is 5.68. The lowest BCUT2D eigenvalue weighted by Crippen LogP contribution is -2.22. The molecule has 0 aliphatic carbocycles. The summed E-state index contributed by atoms with van der Waals surface area (Å²) in [6, 6.07) is 13.1. The molecule has 26 heavy (non-hydrogen) atoms. The molecule has 0 aliphatic rings. The molecule has 132 valence electrons. The first-order chi connectivity index (χ1) is 12.4. The summed E-state index contributed by atoms with van der Waals surface area (Å²) in [5.41, 5.74) is 1.59. The Balaban J connectivity index is 1.70. The van der Waals surface area contributed by atoms with E-state index < -0.39 is 24.0 Å². The number of aryl methyl sites for hydroxylation is 1. The fraction of sp³-hybridized carbons (Fsp3) is 0.105. The van der Waals surface area contributed by atoms with Gasteiger partial charge in [0.1, 0.15) is 0 Å². The molecule has 0 saturated carbocycles. The van der Waals surface area contributed by atoms with Crippen molar-refractivity contribution in [1.82, 2.24) is 4.98 Å². The highest BCUT2D eigenvalue weighted by Crippen LogP contribution is 2.20. The number of hydrogen-bond donors (Lipinski definition) is 2. The van der Waals surface area contributed by atoms with Crippen LogP contribution < -0.4 is 10.9 Å². The maximum absolute atomic E-state index is 12.3. The number of rotatable bonds is 4. The number of carbonyl (C=O) groups excluding carboxylic acids is 2. The summed E-state index contributed by atoms with van der Waals surface area (Å²) in [5.74, 6) is -1.25. The smallest absolute Gasteiger partial charge is 0.339 e. The van der Waals surface area contributed by atoms with Crippen LogP contribution in [0.3, 0.4) is 0 Å². The second kappa shape index (κ2) is 7.41. The number of nitrogens with one attached hydrogen (secondary N) is 2. The Morgan fingerprint density at radius 1 is 1.15 bits per heavy atom. The van der Waals surface area contributed by atoms with Gasteiger partial charge in [-0.2, -0.15) is 0 Å². The van der Waals surface area contributed by atoms with E-state index in [4.69, 9.17) is 16.3 Å². The number of carbonyl (C=O) groups is 2. The minimum atomic E-state index is -0.746. The van der Waals surface area contributed by atoms with E-state index in [9.17, 15) is 14.4 Å². The van der Waals surface area contributed by atoms with E-state index in [0.29, 0.717) is 21.6 Å². The molecule has 1 amide bonds. The number of amides is 1. The fourth-order valence-electron chi connectivity index (χ4n) is 2.45.